The lowest BCUT2D eigenvalue weighted by Crippen LogP contribution is -2.13. The molecule has 0 aliphatic carbocycles. The number of hydrogen-bond acceptors (Lipinski definition) is 1. The fourth-order valence-corrected chi connectivity index (χ4v) is 1.68. The lowest BCUT2D eigenvalue weighted by atomic mass is 9.95. The summed E-state index contributed by atoms with van der Waals surface area (Å²) >= 11 is 0. The average molecular weight is 246 g/mol. The first kappa shape index (κ1) is 15.4. The van der Waals surface area contributed by atoms with Gasteiger partial charge in [-0.05, 0) is 48.9 Å². The van der Waals surface area contributed by atoms with E-state index in [0.29, 0.717) is 5.92 Å². The maximum absolute atomic E-state index is 13.1. The van der Waals surface area contributed by atoms with E-state index in [9.17, 15) is 4.39 Å². The van der Waals surface area contributed by atoms with Crippen LogP contribution in [0.25, 0.3) is 0 Å². The third kappa shape index (κ3) is 4.50. The van der Waals surface area contributed by atoms with E-state index in [0.717, 1.165) is 24.0 Å². The van der Waals surface area contributed by atoms with Crippen LogP contribution in [-0.2, 0) is 0 Å². The molecule has 1 aromatic carbocycles. The van der Waals surface area contributed by atoms with Gasteiger partial charge in [0.15, 0.2) is 0 Å². The Morgan fingerprint density at radius 1 is 1.25 bits per heavy atom. The Labute approximate surface area is 104 Å². The lowest BCUT2D eigenvalue weighted by Gasteiger charge is -2.15. The lowest BCUT2D eigenvalue weighted by molar-refractivity contribution is 0.504. The molecule has 0 unspecified atom stereocenters. The normalized spacial score (nSPS) is 12.4. The molecule has 0 saturated carbocycles. The van der Waals surface area contributed by atoms with Crippen molar-refractivity contribution in [2.24, 2.45) is 11.7 Å². The molecule has 92 valence electrons. The van der Waals surface area contributed by atoms with E-state index < -0.39 is 0 Å². The average Bonchev–Trinajstić information content (AvgIpc) is 2.18. The molecule has 0 spiro atoms. The molecule has 0 heterocycles. The van der Waals surface area contributed by atoms with Crippen LogP contribution in [0.2, 0.25) is 0 Å². The van der Waals surface area contributed by atoms with Crippen LogP contribution in [0.5, 0.6) is 0 Å². The molecule has 1 aromatic rings. The molecule has 16 heavy (non-hydrogen) atoms. The first-order chi connectivity index (χ1) is 7.00. The molecule has 0 bridgehead atoms. The molecule has 0 aliphatic heterocycles. The highest BCUT2D eigenvalue weighted by atomic mass is 35.5. The van der Waals surface area contributed by atoms with Gasteiger partial charge in [0, 0.05) is 6.04 Å². The zero-order valence-electron chi connectivity index (χ0n) is 10.2. The van der Waals surface area contributed by atoms with Gasteiger partial charge in [-0.15, -0.1) is 12.4 Å². The third-order valence-corrected chi connectivity index (χ3v) is 2.70. The molecule has 1 atom stereocenters. The van der Waals surface area contributed by atoms with Crippen LogP contribution in [0.1, 0.15) is 43.9 Å². The van der Waals surface area contributed by atoms with Crippen LogP contribution < -0.4 is 5.73 Å². The van der Waals surface area contributed by atoms with Gasteiger partial charge in [-0.1, -0.05) is 19.9 Å². The molecule has 0 aromatic heterocycles. The Bertz CT molecular complexity index is 326. The molecular formula is C13H21ClFN. The van der Waals surface area contributed by atoms with Gasteiger partial charge in [0.05, 0.1) is 0 Å². The van der Waals surface area contributed by atoms with Crippen LogP contribution in [0.4, 0.5) is 4.39 Å². The van der Waals surface area contributed by atoms with Crippen molar-refractivity contribution in [3.05, 3.63) is 35.1 Å². The molecule has 0 aliphatic rings. The zero-order chi connectivity index (χ0) is 11.4. The minimum Gasteiger partial charge on any atom is -0.324 e. The Balaban J connectivity index is 0.00000225. The largest absolute Gasteiger partial charge is 0.324 e. The number of halogens is 2. The van der Waals surface area contributed by atoms with Crippen molar-refractivity contribution >= 4 is 12.4 Å². The van der Waals surface area contributed by atoms with Gasteiger partial charge in [-0.2, -0.15) is 0 Å². The van der Waals surface area contributed by atoms with Gasteiger partial charge >= 0.3 is 0 Å². The minimum absolute atomic E-state index is 0. The maximum Gasteiger partial charge on any atom is 0.123 e. The number of nitrogens with two attached hydrogens (primary N) is 1. The highest BCUT2D eigenvalue weighted by Crippen LogP contribution is 2.22. The number of hydrogen-bond donors (Lipinski definition) is 1. The van der Waals surface area contributed by atoms with Crippen molar-refractivity contribution < 1.29 is 4.39 Å². The maximum atomic E-state index is 13.1. The first-order valence-electron chi connectivity index (χ1n) is 5.52. The Kier molecular flexibility index (Phi) is 6.61. The fourth-order valence-electron chi connectivity index (χ4n) is 1.68. The zero-order valence-corrected chi connectivity index (χ0v) is 11.0. The molecule has 3 heteroatoms. The second-order valence-electron chi connectivity index (χ2n) is 4.58. The second-order valence-corrected chi connectivity index (χ2v) is 4.58. The summed E-state index contributed by atoms with van der Waals surface area (Å²) in [5.74, 6) is 0.445. The van der Waals surface area contributed by atoms with E-state index in [1.807, 2.05) is 6.92 Å². The van der Waals surface area contributed by atoms with Crippen molar-refractivity contribution in [1.82, 2.24) is 0 Å². The summed E-state index contributed by atoms with van der Waals surface area (Å²) in [5, 5.41) is 0. The molecule has 0 radical (unpaired) electrons. The second kappa shape index (κ2) is 6.87. The van der Waals surface area contributed by atoms with Crippen LogP contribution in [0.3, 0.4) is 0 Å². The first-order valence-corrected chi connectivity index (χ1v) is 5.52. The Morgan fingerprint density at radius 3 is 2.44 bits per heavy atom. The number of benzene rings is 1. The van der Waals surface area contributed by atoms with E-state index in [-0.39, 0.29) is 24.3 Å². The molecule has 1 nitrogen and oxygen atoms in total. The van der Waals surface area contributed by atoms with Crippen molar-refractivity contribution in [3.63, 3.8) is 0 Å². The third-order valence-electron chi connectivity index (χ3n) is 2.70. The highest BCUT2D eigenvalue weighted by Gasteiger charge is 2.10. The predicted octanol–water partition coefficient (Wildman–Crippen LogP) is 3.99. The Morgan fingerprint density at radius 2 is 1.88 bits per heavy atom. The van der Waals surface area contributed by atoms with Crippen molar-refractivity contribution in [3.8, 4) is 0 Å². The quantitative estimate of drug-likeness (QED) is 0.853. The van der Waals surface area contributed by atoms with Gasteiger partial charge < -0.3 is 5.73 Å². The van der Waals surface area contributed by atoms with E-state index in [1.54, 1.807) is 12.1 Å². The molecule has 2 N–H and O–H groups in total. The summed E-state index contributed by atoms with van der Waals surface area (Å²) in [6, 6.07) is 4.79. The molecular weight excluding hydrogens is 225 g/mol. The van der Waals surface area contributed by atoms with E-state index in [4.69, 9.17) is 5.73 Å². The van der Waals surface area contributed by atoms with Gasteiger partial charge in [-0.3, -0.25) is 0 Å². The van der Waals surface area contributed by atoms with E-state index in [2.05, 4.69) is 13.8 Å². The van der Waals surface area contributed by atoms with Crippen molar-refractivity contribution in [2.75, 3.05) is 0 Å². The number of aryl methyl sites for hydroxylation is 1. The monoisotopic (exact) mass is 245 g/mol. The molecule has 0 amide bonds. The summed E-state index contributed by atoms with van der Waals surface area (Å²) in [6.07, 6.45) is 2.00. The van der Waals surface area contributed by atoms with E-state index >= 15 is 0 Å². The van der Waals surface area contributed by atoms with Crippen LogP contribution in [0, 0.1) is 18.7 Å². The summed E-state index contributed by atoms with van der Waals surface area (Å²) in [7, 11) is 0. The standard InChI is InChI=1S/C13H20FN.ClH/c1-9(2)4-7-13(15)12-8-11(14)6-5-10(12)3;/h5-6,8-9,13H,4,7,15H2,1-3H3;1H/t13-;/m1./s1. The summed E-state index contributed by atoms with van der Waals surface area (Å²) in [6.45, 7) is 6.32. The number of rotatable bonds is 4. The molecule has 1 rings (SSSR count). The van der Waals surface area contributed by atoms with Crippen molar-refractivity contribution in [1.29, 1.82) is 0 Å². The highest BCUT2D eigenvalue weighted by molar-refractivity contribution is 5.85. The fraction of sp³-hybridized carbons (Fsp3) is 0.538. The SMILES string of the molecule is Cc1ccc(F)cc1[C@H](N)CCC(C)C.Cl. The predicted molar refractivity (Wildman–Crippen MR) is 69.4 cm³/mol. The summed E-state index contributed by atoms with van der Waals surface area (Å²) in [5.41, 5.74) is 8.06. The van der Waals surface area contributed by atoms with Gasteiger partial charge in [0.2, 0.25) is 0 Å². The summed E-state index contributed by atoms with van der Waals surface area (Å²) < 4.78 is 13.1. The van der Waals surface area contributed by atoms with Crippen LogP contribution >= 0.6 is 12.4 Å². The summed E-state index contributed by atoms with van der Waals surface area (Å²) in [4.78, 5) is 0. The van der Waals surface area contributed by atoms with Gasteiger partial charge in [-0.25, -0.2) is 4.39 Å². The molecule has 0 saturated heterocycles. The topological polar surface area (TPSA) is 26.0 Å². The van der Waals surface area contributed by atoms with E-state index in [1.165, 1.54) is 6.07 Å². The van der Waals surface area contributed by atoms with Gasteiger partial charge in [0.25, 0.3) is 0 Å². The van der Waals surface area contributed by atoms with Gasteiger partial charge in [0.1, 0.15) is 5.82 Å². The smallest absolute Gasteiger partial charge is 0.123 e. The van der Waals surface area contributed by atoms with Crippen LogP contribution in [0.15, 0.2) is 18.2 Å². The van der Waals surface area contributed by atoms with Crippen LogP contribution in [-0.4, -0.2) is 0 Å². The molecule has 0 fully saturated rings. The van der Waals surface area contributed by atoms with Crippen molar-refractivity contribution in [2.45, 2.75) is 39.7 Å². The minimum atomic E-state index is -0.199. The Hall–Kier alpha value is -0.600.